The smallest absolute Gasteiger partial charge is 0.0492 e. The lowest BCUT2D eigenvalue weighted by Gasteiger charge is -2.15. The van der Waals surface area contributed by atoms with E-state index < -0.39 is 0 Å². The molecule has 0 aliphatic rings. The fourth-order valence-corrected chi connectivity index (χ4v) is 1.95. The molecule has 84 valence electrons. The van der Waals surface area contributed by atoms with Gasteiger partial charge < -0.3 is 5.73 Å². The Morgan fingerprint density at radius 3 is 2.44 bits per heavy atom. The summed E-state index contributed by atoms with van der Waals surface area (Å²) in [6, 6.07) is 10.5. The highest BCUT2D eigenvalue weighted by Crippen LogP contribution is 2.23. The average molecular weight is 215 g/mol. The third-order valence-electron chi connectivity index (χ3n) is 2.93. The van der Waals surface area contributed by atoms with E-state index in [1.165, 1.54) is 11.1 Å². The van der Waals surface area contributed by atoms with Crippen LogP contribution in [0.2, 0.25) is 0 Å². The third kappa shape index (κ3) is 1.99. The number of aryl methyl sites for hydroxylation is 2. The lowest BCUT2D eigenvalue weighted by Crippen LogP contribution is -2.17. The van der Waals surface area contributed by atoms with Crippen molar-refractivity contribution in [3.05, 3.63) is 53.3 Å². The van der Waals surface area contributed by atoms with Crippen LogP contribution in [0.1, 0.15) is 22.7 Å². The van der Waals surface area contributed by atoms with E-state index in [2.05, 4.69) is 36.3 Å². The molecule has 3 heteroatoms. The summed E-state index contributed by atoms with van der Waals surface area (Å²) in [4.78, 5) is 0. The molecule has 0 saturated carbocycles. The zero-order chi connectivity index (χ0) is 11.5. The maximum Gasteiger partial charge on any atom is 0.0492 e. The summed E-state index contributed by atoms with van der Waals surface area (Å²) in [6.07, 6.45) is 1.81. The van der Waals surface area contributed by atoms with Crippen molar-refractivity contribution in [2.45, 2.75) is 12.8 Å². The quantitative estimate of drug-likeness (QED) is 0.848. The van der Waals surface area contributed by atoms with Crippen molar-refractivity contribution < 1.29 is 0 Å². The fourth-order valence-electron chi connectivity index (χ4n) is 1.95. The summed E-state index contributed by atoms with van der Waals surface area (Å²) in [5, 5.41) is 4.19. The Kier molecular flexibility index (Phi) is 3.06. The van der Waals surface area contributed by atoms with Crippen LogP contribution in [0.25, 0.3) is 0 Å². The Morgan fingerprint density at radius 1 is 1.25 bits per heavy atom. The molecule has 0 aliphatic heterocycles. The minimum Gasteiger partial charge on any atom is -0.329 e. The monoisotopic (exact) mass is 215 g/mol. The summed E-state index contributed by atoms with van der Waals surface area (Å²) in [5.41, 5.74) is 9.54. The van der Waals surface area contributed by atoms with Crippen molar-refractivity contribution >= 4 is 0 Å². The predicted octanol–water partition coefficient (Wildman–Crippen LogP) is 1.82. The Hall–Kier alpha value is -1.61. The molecule has 0 spiro atoms. The lowest BCUT2D eigenvalue weighted by atomic mass is 9.95. The van der Waals surface area contributed by atoms with Crippen molar-refractivity contribution in [3.8, 4) is 0 Å². The van der Waals surface area contributed by atoms with E-state index in [1.54, 1.807) is 0 Å². The summed E-state index contributed by atoms with van der Waals surface area (Å²) in [7, 11) is 1.95. The first-order chi connectivity index (χ1) is 7.72. The number of nitrogens with zero attached hydrogens (tertiary/aromatic N) is 2. The van der Waals surface area contributed by atoms with Gasteiger partial charge in [-0.3, -0.25) is 4.68 Å². The van der Waals surface area contributed by atoms with E-state index in [0.717, 1.165) is 5.69 Å². The van der Waals surface area contributed by atoms with Gasteiger partial charge in [-0.15, -0.1) is 0 Å². The Balaban J connectivity index is 2.37. The molecule has 1 aromatic carbocycles. The van der Waals surface area contributed by atoms with Gasteiger partial charge in [0.25, 0.3) is 0 Å². The van der Waals surface area contributed by atoms with Gasteiger partial charge in [0, 0.05) is 31.4 Å². The van der Waals surface area contributed by atoms with Crippen LogP contribution in [0.5, 0.6) is 0 Å². The van der Waals surface area contributed by atoms with E-state index in [1.807, 2.05) is 24.0 Å². The Labute approximate surface area is 95.9 Å². The highest BCUT2D eigenvalue weighted by atomic mass is 15.3. The first-order valence-corrected chi connectivity index (χ1v) is 5.47. The molecule has 1 unspecified atom stereocenters. The summed E-state index contributed by atoms with van der Waals surface area (Å²) < 4.78 is 1.89. The van der Waals surface area contributed by atoms with Crippen molar-refractivity contribution in [2.24, 2.45) is 12.8 Å². The molecule has 2 aromatic rings. The number of hydrogen-bond acceptors (Lipinski definition) is 2. The summed E-state index contributed by atoms with van der Waals surface area (Å²) in [6.45, 7) is 2.69. The van der Waals surface area contributed by atoms with Crippen LogP contribution in [0, 0.1) is 6.92 Å². The van der Waals surface area contributed by atoms with Gasteiger partial charge in [0.2, 0.25) is 0 Å². The normalized spacial score (nSPS) is 12.7. The van der Waals surface area contributed by atoms with E-state index >= 15 is 0 Å². The molecule has 0 aliphatic carbocycles. The van der Waals surface area contributed by atoms with Gasteiger partial charge in [-0.25, -0.2) is 0 Å². The van der Waals surface area contributed by atoms with Crippen LogP contribution < -0.4 is 5.73 Å². The number of hydrogen-bond donors (Lipinski definition) is 1. The lowest BCUT2D eigenvalue weighted by molar-refractivity contribution is 0.663. The molecule has 0 saturated heterocycles. The van der Waals surface area contributed by atoms with Crippen LogP contribution in [0.3, 0.4) is 0 Å². The molecule has 0 bridgehead atoms. The number of nitrogens with two attached hydrogens (primary N) is 1. The van der Waals surface area contributed by atoms with Gasteiger partial charge in [0.15, 0.2) is 0 Å². The van der Waals surface area contributed by atoms with Crippen molar-refractivity contribution in [2.75, 3.05) is 6.54 Å². The van der Waals surface area contributed by atoms with E-state index in [-0.39, 0.29) is 5.92 Å². The molecule has 2 rings (SSSR count). The number of aromatic nitrogens is 2. The largest absolute Gasteiger partial charge is 0.329 e. The summed E-state index contributed by atoms with van der Waals surface area (Å²) >= 11 is 0. The second-order valence-electron chi connectivity index (χ2n) is 4.08. The zero-order valence-electron chi connectivity index (χ0n) is 9.72. The van der Waals surface area contributed by atoms with Gasteiger partial charge in [-0.1, -0.05) is 29.8 Å². The first kappa shape index (κ1) is 10.9. The maximum atomic E-state index is 5.86. The molecule has 1 aromatic heterocycles. The summed E-state index contributed by atoms with van der Waals surface area (Å²) in [5.74, 6) is 0.230. The second-order valence-corrected chi connectivity index (χ2v) is 4.08. The van der Waals surface area contributed by atoms with Crippen LogP contribution >= 0.6 is 0 Å². The first-order valence-electron chi connectivity index (χ1n) is 5.47. The topological polar surface area (TPSA) is 43.8 Å². The molecule has 1 heterocycles. The fraction of sp³-hybridized carbons (Fsp3) is 0.308. The molecular formula is C13H17N3. The highest BCUT2D eigenvalue weighted by Gasteiger charge is 2.15. The number of benzene rings is 1. The molecule has 0 radical (unpaired) electrons. The molecule has 2 N–H and O–H groups in total. The van der Waals surface area contributed by atoms with E-state index in [4.69, 9.17) is 5.73 Å². The SMILES string of the molecule is Cc1ccc(C(CN)c2ccnn2C)cc1. The van der Waals surface area contributed by atoms with Gasteiger partial charge >= 0.3 is 0 Å². The van der Waals surface area contributed by atoms with Gasteiger partial charge in [0.05, 0.1) is 0 Å². The molecule has 0 amide bonds. The molecule has 0 fully saturated rings. The minimum atomic E-state index is 0.230. The van der Waals surface area contributed by atoms with Crippen LogP contribution in [-0.2, 0) is 7.05 Å². The number of rotatable bonds is 3. The highest BCUT2D eigenvalue weighted by molar-refractivity contribution is 5.31. The Morgan fingerprint density at radius 2 is 1.94 bits per heavy atom. The van der Waals surface area contributed by atoms with Gasteiger partial charge in [-0.05, 0) is 18.6 Å². The average Bonchev–Trinajstić information content (AvgIpc) is 2.69. The van der Waals surface area contributed by atoms with E-state index in [9.17, 15) is 0 Å². The van der Waals surface area contributed by atoms with Gasteiger partial charge in [-0.2, -0.15) is 5.10 Å². The standard InChI is InChI=1S/C13H17N3/c1-10-3-5-11(6-4-10)12(9-14)13-7-8-15-16(13)2/h3-8,12H,9,14H2,1-2H3. The van der Waals surface area contributed by atoms with Crippen LogP contribution in [0.15, 0.2) is 36.5 Å². The molecular weight excluding hydrogens is 198 g/mol. The Bertz CT molecular complexity index is 456. The maximum absolute atomic E-state index is 5.86. The second kappa shape index (κ2) is 4.49. The van der Waals surface area contributed by atoms with E-state index in [0.29, 0.717) is 6.54 Å². The van der Waals surface area contributed by atoms with Crippen LogP contribution in [-0.4, -0.2) is 16.3 Å². The van der Waals surface area contributed by atoms with Crippen molar-refractivity contribution in [3.63, 3.8) is 0 Å². The minimum absolute atomic E-state index is 0.230. The van der Waals surface area contributed by atoms with Crippen LogP contribution in [0.4, 0.5) is 0 Å². The van der Waals surface area contributed by atoms with Crippen molar-refractivity contribution in [1.82, 2.24) is 9.78 Å². The van der Waals surface area contributed by atoms with Gasteiger partial charge in [0.1, 0.15) is 0 Å². The van der Waals surface area contributed by atoms with Crippen molar-refractivity contribution in [1.29, 1.82) is 0 Å². The zero-order valence-corrected chi connectivity index (χ0v) is 9.72. The predicted molar refractivity (Wildman–Crippen MR) is 65.3 cm³/mol. The molecule has 16 heavy (non-hydrogen) atoms. The molecule has 1 atom stereocenters. The third-order valence-corrected chi connectivity index (χ3v) is 2.93. The molecule has 3 nitrogen and oxygen atoms in total.